The standard InChI is InChI=1S/C23H30N4O2/c1-3-29-22(28)21-16-25-23(26-17-21)27-13-11-20(12-14-27)15-24-18(2)9-10-19-7-5-4-6-8-19/h4-10,16-18,20,24H,3,11-15H2,1-2H3. The lowest BCUT2D eigenvalue weighted by Crippen LogP contribution is -2.39. The number of hydrogen-bond donors (Lipinski definition) is 1. The van der Waals surface area contributed by atoms with Crippen LogP contribution >= 0.6 is 0 Å². The van der Waals surface area contributed by atoms with E-state index in [1.807, 2.05) is 6.07 Å². The maximum atomic E-state index is 11.7. The van der Waals surface area contributed by atoms with Crippen molar-refractivity contribution in [2.45, 2.75) is 32.7 Å². The van der Waals surface area contributed by atoms with Gasteiger partial charge in [-0.05, 0) is 44.7 Å². The summed E-state index contributed by atoms with van der Waals surface area (Å²) in [6, 6.07) is 10.7. The maximum Gasteiger partial charge on any atom is 0.341 e. The second kappa shape index (κ2) is 10.7. The summed E-state index contributed by atoms with van der Waals surface area (Å²) in [5.74, 6) is 0.959. The van der Waals surface area contributed by atoms with Crippen LogP contribution in [0.1, 0.15) is 42.6 Å². The number of hydrogen-bond acceptors (Lipinski definition) is 6. The number of esters is 1. The van der Waals surface area contributed by atoms with Gasteiger partial charge in [0.15, 0.2) is 0 Å². The lowest BCUT2D eigenvalue weighted by Gasteiger charge is -2.32. The molecular weight excluding hydrogens is 364 g/mol. The van der Waals surface area contributed by atoms with Gasteiger partial charge in [-0.2, -0.15) is 0 Å². The molecule has 1 saturated heterocycles. The van der Waals surface area contributed by atoms with Crippen LogP contribution in [0.4, 0.5) is 5.95 Å². The highest BCUT2D eigenvalue weighted by atomic mass is 16.5. The van der Waals surface area contributed by atoms with Crippen molar-refractivity contribution in [3.63, 3.8) is 0 Å². The lowest BCUT2D eigenvalue weighted by atomic mass is 9.96. The van der Waals surface area contributed by atoms with E-state index in [0.29, 0.717) is 30.1 Å². The predicted molar refractivity (Wildman–Crippen MR) is 116 cm³/mol. The number of anilines is 1. The van der Waals surface area contributed by atoms with E-state index in [-0.39, 0.29) is 5.97 Å². The number of nitrogens with one attached hydrogen (secondary N) is 1. The third-order valence-corrected chi connectivity index (χ3v) is 5.15. The molecule has 1 fully saturated rings. The van der Waals surface area contributed by atoms with Gasteiger partial charge in [0.2, 0.25) is 5.95 Å². The SMILES string of the molecule is CCOC(=O)c1cnc(N2CCC(CNC(C)C=Cc3ccccc3)CC2)nc1. The summed E-state index contributed by atoms with van der Waals surface area (Å²) in [5.41, 5.74) is 1.62. The van der Waals surface area contributed by atoms with Crippen molar-refractivity contribution < 1.29 is 9.53 Å². The monoisotopic (exact) mass is 394 g/mol. The van der Waals surface area contributed by atoms with Gasteiger partial charge in [0.05, 0.1) is 12.2 Å². The third-order valence-electron chi connectivity index (χ3n) is 5.15. The molecule has 2 heterocycles. The summed E-state index contributed by atoms with van der Waals surface area (Å²) in [6.07, 6.45) is 9.68. The van der Waals surface area contributed by atoms with Crippen molar-refractivity contribution in [2.24, 2.45) is 5.92 Å². The molecule has 6 nitrogen and oxygen atoms in total. The first-order chi connectivity index (χ1) is 14.2. The molecule has 0 radical (unpaired) electrons. The Morgan fingerprint density at radius 3 is 2.59 bits per heavy atom. The van der Waals surface area contributed by atoms with Crippen LogP contribution in [0.15, 0.2) is 48.8 Å². The zero-order valence-corrected chi connectivity index (χ0v) is 17.3. The molecule has 29 heavy (non-hydrogen) atoms. The number of aromatic nitrogens is 2. The molecule has 1 atom stereocenters. The fourth-order valence-corrected chi connectivity index (χ4v) is 3.38. The summed E-state index contributed by atoms with van der Waals surface area (Å²) in [7, 11) is 0. The fraction of sp³-hybridized carbons (Fsp3) is 0.435. The van der Waals surface area contributed by atoms with E-state index in [2.05, 4.69) is 63.5 Å². The molecule has 6 heteroatoms. The fourth-order valence-electron chi connectivity index (χ4n) is 3.38. The molecule has 1 N–H and O–H groups in total. The van der Waals surface area contributed by atoms with Gasteiger partial charge in [-0.25, -0.2) is 14.8 Å². The van der Waals surface area contributed by atoms with E-state index in [9.17, 15) is 4.79 Å². The third kappa shape index (κ3) is 6.39. The van der Waals surface area contributed by atoms with E-state index >= 15 is 0 Å². The first kappa shape index (κ1) is 21.0. The van der Waals surface area contributed by atoms with Gasteiger partial charge in [0, 0.05) is 31.5 Å². The minimum absolute atomic E-state index is 0.340. The molecule has 1 aromatic heterocycles. The quantitative estimate of drug-likeness (QED) is 0.691. The number of rotatable bonds is 8. The lowest BCUT2D eigenvalue weighted by molar-refractivity contribution is 0.0525. The zero-order valence-electron chi connectivity index (χ0n) is 17.3. The molecule has 1 unspecified atom stereocenters. The van der Waals surface area contributed by atoms with Crippen molar-refractivity contribution in [1.29, 1.82) is 0 Å². The van der Waals surface area contributed by atoms with Crippen LogP contribution in [0.3, 0.4) is 0 Å². The number of ether oxygens (including phenoxy) is 1. The Bertz CT molecular complexity index is 784. The number of piperidine rings is 1. The molecule has 1 aromatic carbocycles. The molecule has 2 aromatic rings. The Morgan fingerprint density at radius 1 is 1.24 bits per heavy atom. The molecule has 0 saturated carbocycles. The molecule has 1 aliphatic heterocycles. The van der Waals surface area contributed by atoms with Crippen LogP contribution in [0.5, 0.6) is 0 Å². The van der Waals surface area contributed by atoms with Gasteiger partial charge >= 0.3 is 5.97 Å². The van der Waals surface area contributed by atoms with Gasteiger partial charge in [-0.1, -0.05) is 42.5 Å². The topological polar surface area (TPSA) is 67.3 Å². The summed E-state index contributed by atoms with van der Waals surface area (Å²) in [5, 5.41) is 3.62. The smallest absolute Gasteiger partial charge is 0.341 e. The van der Waals surface area contributed by atoms with E-state index in [1.54, 1.807) is 19.3 Å². The van der Waals surface area contributed by atoms with Crippen LogP contribution in [0, 0.1) is 5.92 Å². The van der Waals surface area contributed by atoms with Crippen molar-refractivity contribution in [3.8, 4) is 0 Å². The Morgan fingerprint density at radius 2 is 1.93 bits per heavy atom. The minimum Gasteiger partial charge on any atom is -0.462 e. The Kier molecular flexibility index (Phi) is 7.76. The molecule has 0 spiro atoms. The van der Waals surface area contributed by atoms with E-state index in [4.69, 9.17) is 4.74 Å². The number of nitrogens with zero attached hydrogens (tertiary/aromatic N) is 3. The van der Waals surface area contributed by atoms with Gasteiger partial charge < -0.3 is 15.0 Å². The molecule has 0 aliphatic carbocycles. The highest BCUT2D eigenvalue weighted by molar-refractivity contribution is 5.88. The van der Waals surface area contributed by atoms with E-state index in [0.717, 1.165) is 32.5 Å². The maximum absolute atomic E-state index is 11.7. The van der Waals surface area contributed by atoms with Crippen molar-refractivity contribution in [3.05, 3.63) is 59.9 Å². The van der Waals surface area contributed by atoms with Crippen molar-refractivity contribution in [2.75, 3.05) is 31.1 Å². The highest BCUT2D eigenvalue weighted by Gasteiger charge is 2.21. The van der Waals surface area contributed by atoms with Crippen LogP contribution < -0.4 is 10.2 Å². The average molecular weight is 395 g/mol. The summed E-state index contributed by atoms with van der Waals surface area (Å²) < 4.78 is 4.97. The van der Waals surface area contributed by atoms with Gasteiger partial charge in [0.25, 0.3) is 0 Å². The summed E-state index contributed by atoms with van der Waals surface area (Å²) in [6.45, 7) is 7.19. The second-order valence-corrected chi connectivity index (χ2v) is 7.39. The van der Waals surface area contributed by atoms with E-state index < -0.39 is 0 Å². The molecule has 3 rings (SSSR count). The summed E-state index contributed by atoms with van der Waals surface area (Å²) in [4.78, 5) is 22.6. The van der Waals surface area contributed by atoms with Gasteiger partial charge in [-0.3, -0.25) is 0 Å². The van der Waals surface area contributed by atoms with Crippen molar-refractivity contribution >= 4 is 18.0 Å². The normalized spacial score (nSPS) is 16.1. The van der Waals surface area contributed by atoms with Crippen LogP contribution in [0.2, 0.25) is 0 Å². The van der Waals surface area contributed by atoms with Crippen molar-refractivity contribution in [1.82, 2.24) is 15.3 Å². The molecular formula is C23H30N4O2. The largest absolute Gasteiger partial charge is 0.462 e. The molecule has 1 aliphatic rings. The van der Waals surface area contributed by atoms with Crippen LogP contribution in [-0.4, -0.2) is 48.2 Å². The summed E-state index contributed by atoms with van der Waals surface area (Å²) >= 11 is 0. The number of carbonyl (C=O) groups excluding carboxylic acids is 1. The van der Waals surface area contributed by atoms with Gasteiger partial charge in [0.1, 0.15) is 0 Å². The first-order valence-corrected chi connectivity index (χ1v) is 10.4. The predicted octanol–water partition coefficient (Wildman–Crippen LogP) is 3.56. The van der Waals surface area contributed by atoms with Crippen LogP contribution in [-0.2, 0) is 4.74 Å². The average Bonchev–Trinajstić information content (AvgIpc) is 2.77. The number of benzene rings is 1. The highest BCUT2D eigenvalue weighted by Crippen LogP contribution is 2.20. The van der Waals surface area contributed by atoms with E-state index in [1.165, 1.54) is 5.56 Å². The Balaban J connectivity index is 1.41. The minimum atomic E-state index is -0.376. The first-order valence-electron chi connectivity index (χ1n) is 10.4. The Hall–Kier alpha value is -2.73. The molecule has 0 amide bonds. The molecule has 154 valence electrons. The number of carbonyl (C=O) groups is 1. The second-order valence-electron chi connectivity index (χ2n) is 7.39. The Labute approximate surface area is 173 Å². The molecule has 0 bridgehead atoms. The van der Waals surface area contributed by atoms with Crippen LogP contribution in [0.25, 0.3) is 6.08 Å². The van der Waals surface area contributed by atoms with Gasteiger partial charge in [-0.15, -0.1) is 0 Å². The zero-order chi connectivity index (χ0) is 20.5.